The van der Waals surface area contributed by atoms with Gasteiger partial charge < -0.3 is 24.8 Å². The third-order valence-corrected chi connectivity index (χ3v) is 5.63. The molecule has 28 heavy (non-hydrogen) atoms. The van der Waals surface area contributed by atoms with E-state index in [2.05, 4.69) is 83.3 Å². The van der Waals surface area contributed by atoms with E-state index in [1.54, 1.807) is 0 Å². The molecule has 0 spiro atoms. The molecule has 2 radical (unpaired) electrons. The molecule has 0 aromatic heterocycles. The average Bonchev–Trinajstić information content (AvgIpc) is 3.06. The Morgan fingerprint density at radius 2 is 1.50 bits per heavy atom. The van der Waals surface area contributed by atoms with Crippen LogP contribution in [0.1, 0.15) is 44.4 Å². The van der Waals surface area contributed by atoms with Crippen molar-refractivity contribution < 1.29 is 51.0 Å². The van der Waals surface area contributed by atoms with Crippen molar-refractivity contribution in [1.82, 2.24) is 0 Å². The van der Waals surface area contributed by atoms with Gasteiger partial charge in [-0.1, -0.05) is 72.1 Å². The van der Waals surface area contributed by atoms with Gasteiger partial charge in [-0.25, -0.2) is 0 Å². The Balaban J connectivity index is 0.00000115. The smallest absolute Gasteiger partial charge is 1.00 e. The minimum absolute atomic E-state index is 0. The van der Waals surface area contributed by atoms with Gasteiger partial charge in [-0.05, 0) is 38.7 Å². The second kappa shape index (κ2) is 11.7. The van der Waals surface area contributed by atoms with Gasteiger partial charge in [0.1, 0.15) is 0 Å². The summed E-state index contributed by atoms with van der Waals surface area (Å²) in [5.41, 5.74) is 12.7. The molecule has 146 valence electrons. The van der Waals surface area contributed by atoms with Gasteiger partial charge in [-0.3, -0.25) is 0 Å². The molecule has 2 aromatic rings. The van der Waals surface area contributed by atoms with Gasteiger partial charge in [0.15, 0.2) is 0 Å². The Morgan fingerprint density at radius 1 is 0.893 bits per heavy atom. The van der Waals surface area contributed by atoms with Crippen molar-refractivity contribution in [3.63, 3.8) is 0 Å². The third kappa shape index (κ3) is 5.01. The fraction of sp³-hybridized carbons (Fsp3) is 0.333. The molecule has 0 bridgehead atoms. The molecule has 0 heterocycles. The molecule has 2 aromatic carbocycles. The molecule has 0 aliphatic heterocycles. The molecule has 0 amide bonds. The molecule has 0 N–H and O–H groups in total. The van der Waals surface area contributed by atoms with Crippen LogP contribution in [0.5, 0.6) is 0 Å². The summed E-state index contributed by atoms with van der Waals surface area (Å²) in [5, 5.41) is 0. The van der Waals surface area contributed by atoms with Crippen molar-refractivity contribution in [1.29, 1.82) is 0 Å². The Hall–Kier alpha value is -0.400. The largest absolute Gasteiger partial charge is 3.00 e. The first-order chi connectivity index (χ1) is 12.0. The first-order valence-electron chi connectivity index (χ1n) is 9.25. The fourth-order valence-electron chi connectivity index (χ4n) is 4.01. The molecule has 0 saturated heterocycles. The maximum absolute atomic E-state index is 3.73. The molecule has 4 rings (SSSR count). The maximum Gasteiger partial charge on any atom is 3.00 e. The Labute approximate surface area is 205 Å². The van der Waals surface area contributed by atoms with E-state index in [1.165, 1.54) is 50.1 Å². The monoisotopic (exact) mass is 504 g/mol. The summed E-state index contributed by atoms with van der Waals surface area (Å²) in [6.07, 6.45) is 1.02. The predicted molar refractivity (Wildman–Crippen MR) is 113 cm³/mol. The molecular formula is C24H28Cl2SiZr. The van der Waals surface area contributed by atoms with Crippen LogP contribution in [0.25, 0.3) is 16.7 Å². The maximum atomic E-state index is 3.73. The predicted octanol–water partition coefficient (Wildman–Crippen LogP) is 0.342. The van der Waals surface area contributed by atoms with Crippen molar-refractivity contribution >= 4 is 15.1 Å². The third-order valence-electron chi connectivity index (χ3n) is 5.63. The first kappa shape index (κ1) is 27.6. The number of rotatable bonds is 1. The molecular weight excluding hydrogens is 478 g/mol. The summed E-state index contributed by atoms with van der Waals surface area (Å²) < 4.78 is 0. The van der Waals surface area contributed by atoms with E-state index in [9.17, 15) is 0 Å². The number of halogens is 2. The zero-order valence-electron chi connectivity index (χ0n) is 17.6. The molecule has 0 fully saturated rings. The van der Waals surface area contributed by atoms with E-state index in [4.69, 9.17) is 0 Å². The number of hydrogen-bond acceptors (Lipinski definition) is 0. The van der Waals surface area contributed by atoms with E-state index in [-0.39, 0.29) is 51.0 Å². The van der Waals surface area contributed by atoms with E-state index in [1.807, 2.05) is 0 Å². The van der Waals surface area contributed by atoms with Crippen LogP contribution in [0.15, 0.2) is 53.1 Å². The molecule has 2 aliphatic carbocycles. The summed E-state index contributed by atoms with van der Waals surface area (Å²) in [5.74, 6) is 0.512. The molecule has 0 saturated carbocycles. The second-order valence-electron chi connectivity index (χ2n) is 7.24. The van der Waals surface area contributed by atoms with Crippen molar-refractivity contribution in [2.75, 3.05) is 0 Å². The van der Waals surface area contributed by atoms with Gasteiger partial charge in [-0.2, -0.15) is 0 Å². The Bertz CT molecular complexity index is 884. The van der Waals surface area contributed by atoms with Crippen LogP contribution in [0, 0.1) is 12.0 Å². The quantitative estimate of drug-likeness (QED) is 0.330. The Kier molecular flexibility index (Phi) is 11.5. The van der Waals surface area contributed by atoms with Crippen molar-refractivity contribution in [3.05, 3.63) is 75.9 Å². The number of hydrogen-bond donors (Lipinski definition) is 0. The summed E-state index contributed by atoms with van der Waals surface area (Å²) in [7, 11) is 0.750. The van der Waals surface area contributed by atoms with Crippen LogP contribution in [0.4, 0.5) is 0 Å². The van der Waals surface area contributed by atoms with Crippen LogP contribution in [0.3, 0.4) is 0 Å². The van der Waals surface area contributed by atoms with Crippen LogP contribution < -0.4 is 24.8 Å². The van der Waals surface area contributed by atoms with Crippen LogP contribution in [-0.2, 0) is 32.6 Å². The van der Waals surface area contributed by atoms with Crippen LogP contribution in [0.2, 0.25) is 13.1 Å². The fourth-order valence-corrected chi connectivity index (χ4v) is 4.01. The van der Waals surface area contributed by atoms with E-state index >= 15 is 0 Å². The minimum Gasteiger partial charge on any atom is -1.00 e. The molecule has 0 nitrogen and oxygen atoms in total. The van der Waals surface area contributed by atoms with Gasteiger partial charge in [0.05, 0.1) is 0 Å². The average molecular weight is 507 g/mol. The van der Waals surface area contributed by atoms with Crippen molar-refractivity contribution in [2.24, 2.45) is 5.92 Å². The second-order valence-corrected chi connectivity index (χ2v) is 8.40. The molecule has 4 heteroatoms. The summed E-state index contributed by atoms with van der Waals surface area (Å²) in [6.45, 7) is 13.5. The van der Waals surface area contributed by atoms with E-state index in [0.29, 0.717) is 5.92 Å². The van der Waals surface area contributed by atoms with Crippen LogP contribution >= 0.6 is 0 Å². The molecule has 1 atom stereocenters. The van der Waals surface area contributed by atoms with Gasteiger partial charge in [0.2, 0.25) is 0 Å². The zero-order chi connectivity index (χ0) is 18.1. The van der Waals surface area contributed by atoms with E-state index < -0.39 is 0 Å². The number of allylic oxidation sites excluding steroid dienone is 4. The zero-order valence-corrected chi connectivity index (χ0v) is 22.7. The van der Waals surface area contributed by atoms with Gasteiger partial charge in [0, 0.05) is 9.52 Å². The molecule has 2 aliphatic rings. The van der Waals surface area contributed by atoms with E-state index in [0.717, 1.165) is 15.9 Å². The standard InChI is InChI=1S/C22H21.C2H7Si.2ClH.Zr/c1-13-14(2)16(4)22(15(13)3)18-9-10-21-19(12-18)11-17-7-5-6-8-20(17)21;1-3-2;;;/h5-10,15H,11H2,1-4H3;3H,1-2H3;2*1H;/q-1;;;;+3/p-2. The topological polar surface area (TPSA) is 0 Å². The SMILES string of the molecule is CC1=C(C)C(C)C(c2[c-]c3c(cc2)-c2ccccc2C3)=C1C.C[SiH]C.[Cl-].[Cl-].[Zr+3]. The minimum atomic E-state index is 0. The summed E-state index contributed by atoms with van der Waals surface area (Å²) >= 11 is 0. The van der Waals surface area contributed by atoms with Gasteiger partial charge in [-0.15, -0.1) is 34.9 Å². The number of fused-ring (bicyclic) bond motifs is 3. The van der Waals surface area contributed by atoms with Gasteiger partial charge >= 0.3 is 26.2 Å². The summed E-state index contributed by atoms with van der Waals surface area (Å²) in [6, 6.07) is 17.0. The molecule has 1 unspecified atom stereocenters. The normalized spacial score (nSPS) is 16.1. The number of benzene rings is 2. The first-order valence-corrected chi connectivity index (χ1v) is 11.6. The van der Waals surface area contributed by atoms with Crippen LogP contribution in [-0.4, -0.2) is 9.52 Å². The summed E-state index contributed by atoms with van der Waals surface area (Å²) in [4.78, 5) is 0. The van der Waals surface area contributed by atoms with Crippen molar-refractivity contribution in [2.45, 2.75) is 47.2 Å². The van der Waals surface area contributed by atoms with Crippen molar-refractivity contribution in [3.8, 4) is 11.1 Å². The van der Waals surface area contributed by atoms with Gasteiger partial charge in [0.25, 0.3) is 0 Å². The Morgan fingerprint density at radius 3 is 2.07 bits per heavy atom.